The number of hydrogen-bond donors (Lipinski definition) is 1. The largest absolute Gasteiger partial charge is 0.460 e. The van der Waals surface area contributed by atoms with Gasteiger partial charge in [0.1, 0.15) is 17.5 Å². The Hall–Kier alpha value is -4.60. The zero-order valence-corrected chi connectivity index (χ0v) is 31.3. The second kappa shape index (κ2) is 15.0. The highest BCUT2D eigenvalue weighted by Crippen LogP contribution is 2.57. The summed E-state index contributed by atoms with van der Waals surface area (Å²) in [6, 6.07) is 3.29. The van der Waals surface area contributed by atoms with Crippen LogP contribution in [0.2, 0.25) is 0 Å². The lowest BCUT2D eigenvalue weighted by atomic mass is 9.91. The molecule has 1 aromatic rings. The number of halogens is 1. The second-order valence-electron chi connectivity index (χ2n) is 15.4. The van der Waals surface area contributed by atoms with E-state index in [2.05, 4.69) is 17.9 Å². The highest BCUT2D eigenvalue weighted by atomic mass is 32.2. The fourth-order valence-corrected chi connectivity index (χ4v) is 8.48. The zero-order chi connectivity index (χ0) is 39.0. The highest BCUT2D eigenvalue weighted by Gasteiger charge is 2.61. The summed E-state index contributed by atoms with van der Waals surface area (Å²) < 4.78 is 53.2. The van der Waals surface area contributed by atoms with Crippen molar-refractivity contribution in [1.82, 2.24) is 19.4 Å². The molecule has 0 unspecified atom stereocenters. The number of carbonyl (C=O) groups excluding carboxylic acids is 6. The fourth-order valence-electron chi connectivity index (χ4n) is 7.09. The molecule has 16 heteroatoms. The molecule has 0 bridgehead atoms. The van der Waals surface area contributed by atoms with Gasteiger partial charge in [0, 0.05) is 38.5 Å². The fraction of sp³-hybridized carbons (Fsp3) is 0.568. The van der Waals surface area contributed by atoms with Gasteiger partial charge in [-0.1, -0.05) is 24.8 Å². The molecule has 14 nitrogen and oxygen atoms in total. The third-order valence-electron chi connectivity index (χ3n) is 10.2. The summed E-state index contributed by atoms with van der Waals surface area (Å²) in [5, 5.41) is -0.675. The van der Waals surface area contributed by atoms with Crippen molar-refractivity contribution in [3.63, 3.8) is 0 Å². The molecular formula is C37H47FN4O10S. The molecule has 288 valence electrons. The van der Waals surface area contributed by atoms with Crippen molar-refractivity contribution in [3.8, 4) is 0 Å². The predicted octanol–water partition coefficient (Wildman–Crippen LogP) is 3.00. The number of Topliss-reactive ketones (excluding diaryl/α,β-unsaturated/α-hetero) is 1. The molecule has 2 aliphatic carbocycles. The number of likely N-dealkylation sites (tertiary alicyclic amines) is 1. The van der Waals surface area contributed by atoms with E-state index in [4.69, 9.17) is 9.47 Å². The van der Waals surface area contributed by atoms with Crippen LogP contribution in [-0.4, -0.2) is 102 Å². The Morgan fingerprint density at radius 2 is 1.83 bits per heavy atom. The minimum atomic E-state index is -3.93. The summed E-state index contributed by atoms with van der Waals surface area (Å²) in [6.45, 7) is 11.7. The van der Waals surface area contributed by atoms with E-state index >= 15 is 0 Å². The van der Waals surface area contributed by atoms with Gasteiger partial charge in [0.15, 0.2) is 5.78 Å². The van der Waals surface area contributed by atoms with Crippen LogP contribution in [0.15, 0.2) is 43.5 Å². The smallest absolute Gasteiger partial charge is 0.410 e. The first-order valence-corrected chi connectivity index (χ1v) is 19.2. The number of hydrogen-bond acceptors (Lipinski definition) is 10. The number of carbonyl (C=O) groups is 6. The van der Waals surface area contributed by atoms with Crippen LogP contribution >= 0.6 is 0 Å². The molecule has 1 saturated heterocycles. The molecule has 53 heavy (non-hydrogen) atoms. The number of ether oxygens (including phenoxy) is 2. The lowest BCUT2D eigenvalue weighted by Crippen LogP contribution is -2.48. The molecule has 5 atom stereocenters. The number of esters is 1. The molecule has 5 rings (SSSR count). The van der Waals surface area contributed by atoms with E-state index in [-0.39, 0.29) is 39.0 Å². The molecule has 1 N–H and O–H groups in total. The lowest BCUT2D eigenvalue weighted by molar-refractivity contribution is -0.159. The molecular weight excluding hydrogens is 711 g/mol. The molecule has 2 aliphatic heterocycles. The van der Waals surface area contributed by atoms with Crippen molar-refractivity contribution in [1.29, 1.82) is 0 Å². The third-order valence-corrected chi connectivity index (χ3v) is 12.0. The number of amides is 4. The normalized spacial score (nSPS) is 24.1. The minimum Gasteiger partial charge on any atom is -0.460 e. The number of nitrogens with zero attached hydrogens (tertiary/aromatic N) is 3. The summed E-state index contributed by atoms with van der Waals surface area (Å²) in [4.78, 5) is 84.7. The van der Waals surface area contributed by atoms with Crippen molar-refractivity contribution in [3.05, 3.63) is 60.5 Å². The summed E-state index contributed by atoms with van der Waals surface area (Å²) >= 11 is 0. The molecule has 0 spiro atoms. The summed E-state index contributed by atoms with van der Waals surface area (Å²) in [5.74, 6) is -5.50. The topological polar surface area (TPSA) is 177 Å². The van der Waals surface area contributed by atoms with E-state index in [9.17, 15) is 41.6 Å². The predicted molar refractivity (Wildman–Crippen MR) is 188 cm³/mol. The average Bonchev–Trinajstić information content (AvgIpc) is 3.97. The molecule has 2 saturated carbocycles. The van der Waals surface area contributed by atoms with E-state index < -0.39 is 104 Å². The van der Waals surface area contributed by atoms with Crippen LogP contribution in [0.1, 0.15) is 70.4 Å². The van der Waals surface area contributed by atoms with Crippen LogP contribution in [0, 0.1) is 23.1 Å². The molecule has 0 radical (unpaired) electrons. The maximum Gasteiger partial charge on any atom is 0.410 e. The standard InChI is InChI=1S/C37H47FN4O10S/c1-7-24-16-37(24,34(47)39-53(49,50)26-12-13-26)17-30(43)29-15-25(51-35(48)41-19-22-10-9-11-28(38)27(22)21-41)20-42(29)33(46)23(18-40(6)31(44)8-2)14-32(45)52-36(3,4)5/h7-11,23-26,29H,1-2,12-21H2,3-6H3,(H,39,47)/t23-,24+,25+,29-,37+/m0/s1. The second-order valence-corrected chi connectivity index (χ2v) is 17.4. The molecule has 4 amide bonds. The van der Waals surface area contributed by atoms with Gasteiger partial charge in [-0.05, 0) is 63.7 Å². The number of fused-ring (bicyclic) bond motifs is 1. The van der Waals surface area contributed by atoms with Gasteiger partial charge in [-0.25, -0.2) is 17.6 Å². The quantitative estimate of drug-likeness (QED) is 0.169. The minimum absolute atomic E-state index is 0.0372. The molecule has 1 aromatic carbocycles. The Morgan fingerprint density at radius 3 is 2.42 bits per heavy atom. The number of ketones is 1. The van der Waals surface area contributed by atoms with Gasteiger partial charge >= 0.3 is 12.1 Å². The molecule has 3 fully saturated rings. The Labute approximate surface area is 308 Å². The van der Waals surface area contributed by atoms with Crippen molar-refractivity contribution < 1.29 is 51.0 Å². The molecule has 2 heterocycles. The van der Waals surface area contributed by atoms with E-state index in [0.29, 0.717) is 24.0 Å². The number of nitrogens with one attached hydrogen (secondary N) is 1. The van der Waals surface area contributed by atoms with Crippen LogP contribution in [0.5, 0.6) is 0 Å². The molecule has 0 aromatic heterocycles. The third kappa shape index (κ3) is 8.96. The van der Waals surface area contributed by atoms with Crippen molar-refractivity contribution >= 4 is 45.6 Å². The maximum atomic E-state index is 14.4. The van der Waals surface area contributed by atoms with Gasteiger partial charge in [-0.3, -0.25) is 33.6 Å². The van der Waals surface area contributed by atoms with E-state index in [1.807, 2.05) is 0 Å². The van der Waals surface area contributed by atoms with Gasteiger partial charge in [-0.15, -0.1) is 6.58 Å². The Kier molecular flexibility index (Phi) is 11.2. The first kappa shape index (κ1) is 39.6. The van der Waals surface area contributed by atoms with Gasteiger partial charge in [-0.2, -0.15) is 0 Å². The van der Waals surface area contributed by atoms with Crippen molar-refractivity contribution in [2.45, 2.75) is 95.4 Å². The van der Waals surface area contributed by atoms with Gasteiger partial charge in [0.2, 0.25) is 27.7 Å². The van der Waals surface area contributed by atoms with Crippen LogP contribution in [0.25, 0.3) is 0 Å². The SMILES string of the molecule is C=CC(=O)N(C)C[C@H](CC(=O)OC(C)(C)C)C(=O)N1C[C@H](OC(=O)N2Cc3cccc(F)c3C2)C[C@H]1C(=O)C[C@]1(C(=O)NS(=O)(=O)C2CC2)C[C@H]1C=C. The van der Waals surface area contributed by atoms with Crippen LogP contribution < -0.4 is 4.72 Å². The Bertz CT molecular complexity index is 1820. The van der Waals surface area contributed by atoms with E-state index in [0.717, 1.165) is 6.08 Å². The Morgan fingerprint density at radius 1 is 1.13 bits per heavy atom. The van der Waals surface area contributed by atoms with Gasteiger partial charge in [0.05, 0.1) is 42.1 Å². The van der Waals surface area contributed by atoms with E-state index in [1.54, 1.807) is 32.9 Å². The lowest BCUT2D eigenvalue weighted by Gasteiger charge is -2.31. The highest BCUT2D eigenvalue weighted by molar-refractivity contribution is 7.90. The molecule has 4 aliphatic rings. The van der Waals surface area contributed by atoms with Gasteiger partial charge < -0.3 is 19.3 Å². The number of sulfonamides is 1. The van der Waals surface area contributed by atoms with E-state index in [1.165, 1.54) is 33.9 Å². The first-order valence-electron chi connectivity index (χ1n) is 17.6. The number of likely N-dealkylation sites (N-methyl/N-ethyl adjacent to an activating group) is 1. The van der Waals surface area contributed by atoms with Crippen molar-refractivity contribution in [2.24, 2.45) is 17.3 Å². The summed E-state index contributed by atoms with van der Waals surface area (Å²) in [7, 11) is -2.50. The van der Waals surface area contributed by atoms with Crippen LogP contribution in [0.3, 0.4) is 0 Å². The first-order chi connectivity index (χ1) is 24.8. The number of allylic oxidation sites excluding steroid dienone is 1. The summed E-state index contributed by atoms with van der Waals surface area (Å²) in [6.07, 6.45) is 0.697. The Balaban J connectivity index is 1.40. The zero-order valence-electron chi connectivity index (χ0n) is 30.5. The maximum absolute atomic E-state index is 14.4. The average molecular weight is 759 g/mol. The number of benzene rings is 1. The van der Waals surface area contributed by atoms with Gasteiger partial charge in [0.25, 0.3) is 0 Å². The summed E-state index contributed by atoms with van der Waals surface area (Å²) in [5.41, 5.74) is -1.32. The monoisotopic (exact) mass is 758 g/mol. The van der Waals surface area contributed by atoms with Crippen LogP contribution in [-0.2, 0) is 56.6 Å². The van der Waals surface area contributed by atoms with Crippen molar-refractivity contribution in [2.75, 3.05) is 20.1 Å². The number of rotatable bonds is 14. The van der Waals surface area contributed by atoms with Crippen LogP contribution in [0.4, 0.5) is 9.18 Å².